The second kappa shape index (κ2) is 8.19. The van der Waals surface area contributed by atoms with Crippen LogP contribution in [0.2, 0.25) is 0 Å². The molecule has 2 aliphatic rings. The molecule has 1 aromatic carbocycles. The molecule has 0 bridgehead atoms. The Morgan fingerprint density at radius 3 is 2.62 bits per heavy atom. The lowest BCUT2D eigenvalue weighted by molar-refractivity contribution is -0.117. The number of aromatic nitrogens is 4. The van der Waals surface area contributed by atoms with Gasteiger partial charge in [0.25, 0.3) is 0 Å². The van der Waals surface area contributed by atoms with Crippen LogP contribution in [0, 0.1) is 25.5 Å². The number of aryl methyl sites for hydroxylation is 1. The molecule has 5 rings (SSSR count). The summed E-state index contributed by atoms with van der Waals surface area (Å²) >= 11 is 0. The number of nitrogens with zero attached hydrogens (tertiary/aromatic N) is 6. The Balaban J connectivity index is 1.36. The van der Waals surface area contributed by atoms with Crippen LogP contribution in [0.5, 0.6) is 0 Å². The van der Waals surface area contributed by atoms with Crippen molar-refractivity contribution in [1.29, 1.82) is 0 Å². The van der Waals surface area contributed by atoms with Crippen LogP contribution in [0.15, 0.2) is 22.9 Å². The lowest BCUT2D eigenvalue weighted by Crippen LogP contribution is -2.47. The first-order valence-corrected chi connectivity index (χ1v) is 10.9. The zero-order valence-electron chi connectivity index (χ0n) is 18.9. The van der Waals surface area contributed by atoms with Crippen LogP contribution in [-0.4, -0.2) is 49.3 Å². The number of nitrogens with one attached hydrogen (secondary N) is 1. The average molecular weight is 471 g/mol. The van der Waals surface area contributed by atoms with E-state index in [0.717, 1.165) is 12.1 Å². The molecule has 0 saturated carbocycles. The maximum Gasteiger partial charge on any atom is 0.322 e. The van der Waals surface area contributed by atoms with Crippen molar-refractivity contribution < 1.29 is 22.9 Å². The Morgan fingerprint density at radius 2 is 1.94 bits per heavy atom. The highest BCUT2D eigenvalue weighted by Gasteiger charge is 2.38. The second-order valence-electron chi connectivity index (χ2n) is 8.72. The zero-order valence-corrected chi connectivity index (χ0v) is 18.9. The minimum atomic E-state index is -0.735. The number of rotatable bonds is 3. The van der Waals surface area contributed by atoms with Gasteiger partial charge >= 0.3 is 6.03 Å². The van der Waals surface area contributed by atoms with Gasteiger partial charge in [-0.05, 0) is 32.9 Å². The number of amides is 3. The van der Waals surface area contributed by atoms with E-state index in [4.69, 9.17) is 4.52 Å². The molecule has 0 spiro atoms. The van der Waals surface area contributed by atoms with Crippen molar-refractivity contribution in [1.82, 2.24) is 24.8 Å². The molecule has 0 aliphatic carbocycles. The van der Waals surface area contributed by atoms with Crippen LogP contribution in [0.4, 0.5) is 25.0 Å². The Hall–Kier alpha value is -3.83. The third-order valence-electron chi connectivity index (χ3n) is 6.32. The first-order chi connectivity index (χ1) is 16.2. The first-order valence-electron chi connectivity index (χ1n) is 10.9. The Bertz CT molecular complexity index is 1260. The largest absolute Gasteiger partial charge is 0.339 e. The topological polar surface area (TPSA) is 109 Å². The predicted octanol–water partition coefficient (Wildman–Crippen LogP) is 3.12. The molecule has 2 atom stereocenters. The van der Waals surface area contributed by atoms with Crippen molar-refractivity contribution in [3.63, 3.8) is 0 Å². The number of hydrogen-bond donors (Lipinski definition) is 1. The smallest absolute Gasteiger partial charge is 0.322 e. The third kappa shape index (κ3) is 3.78. The normalized spacial score (nSPS) is 20.1. The van der Waals surface area contributed by atoms with Crippen LogP contribution in [-0.2, 0) is 17.9 Å². The summed E-state index contributed by atoms with van der Waals surface area (Å²) in [6.07, 6.45) is 1.85. The zero-order chi connectivity index (χ0) is 24.1. The van der Waals surface area contributed by atoms with Crippen LogP contribution >= 0.6 is 0 Å². The summed E-state index contributed by atoms with van der Waals surface area (Å²) in [4.78, 5) is 33.2. The van der Waals surface area contributed by atoms with E-state index in [0.29, 0.717) is 36.2 Å². The fourth-order valence-corrected chi connectivity index (χ4v) is 4.38. The molecule has 2 aromatic heterocycles. The highest BCUT2D eigenvalue weighted by molar-refractivity contribution is 5.97. The highest BCUT2D eigenvalue weighted by Crippen LogP contribution is 2.35. The molecule has 1 fully saturated rings. The number of benzene rings is 1. The van der Waals surface area contributed by atoms with E-state index >= 15 is 0 Å². The SMILES string of the molecule is Cc1noc(C2CC(=O)N(c3cnn4c3CN(C(=O)Nc3cc(F)c(C)c(F)c3)[C@@H](C)C4)C2)n1. The highest BCUT2D eigenvalue weighted by atomic mass is 19.1. The van der Waals surface area contributed by atoms with Crippen molar-refractivity contribution in [2.24, 2.45) is 0 Å². The van der Waals surface area contributed by atoms with E-state index in [-0.39, 0.29) is 42.1 Å². The maximum absolute atomic E-state index is 13.9. The van der Waals surface area contributed by atoms with E-state index in [1.54, 1.807) is 27.6 Å². The van der Waals surface area contributed by atoms with E-state index in [1.807, 2.05) is 6.92 Å². The monoisotopic (exact) mass is 471 g/mol. The van der Waals surface area contributed by atoms with Crippen molar-refractivity contribution in [3.05, 3.63) is 52.9 Å². The van der Waals surface area contributed by atoms with Gasteiger partial charge in [0.1, 0.15) is 11.6 Å². The molecule has 2 aliphatic heterocycles. The number of fused-ring (bicyclic) bond motifs is 1. The number of hydrogen-bond acceptors (Lipinski definition) is 6. The van der Waals surface area contributed by atoms with Gasteiger partial charge < -0.3 is 19.6 Å². The van der Waals surface area contributed by atoms with E-state index in [9.17, 15) is 18.4 Å². The molecule has 3 aromatic rings. The first kappa shape index (κ1) is 22.0. The summed E-state index contributed by atoms with van der Waals surface area (Å²) in [6.45, 7) is 5.85. The predicted molar refractivity (Wildman–Crippen MR) is 116 cm³/mol. The fraction of sp³-hybridized carbons (Fsp3) is 0.409. The number of anilines is 2. The van der Waals surface area contributed by atoms with Gasteiger partial charge in [-0.1, -0.05) is 5.16 Å². The van der Waals surface area contributed by atoms with Gasteiger partial charge in [-0.2, -0.15) is 10.1 Å². The van der Waals surface area contributed by atoms with Crippen LogP contribution in [0.1, 0.15) is 42.2 Å². The van der Waals surface area contributed by atoms with E-state index in [1.165, 1.54) is 6.92 Å². The third-order valence-corrected chi connectivity index (χ3v) is 6.32. The molecule has 0 radical (unpaired) electrons. The van der Waals surface area contributed by atoms with Gasteiger partial charge in [0.15, 0.2) is 5.82 Å². The molecule has 178 valence electrons. The molecular weight excluding hydrogens is 448 g/mol. The minimum Gasteiger partial charge on any atom is -0.339 e. The maximum atomic E-state index is 13.9. The molecule has 12 heteroatoms. The summed E-state index contributed by atoms with van der Waals surface area (Å²) < 4.78 is 34.8. The molecule has 1 saturated heterocycles. The Morgan fingerprint density at radius 1 is 1.21 bits per heavy atom. The summed E-state index contributed by atoms with van der Waals surface area (Å²) in [6, 6.07) is 1.44. The van der Waals surface area contributed by atoms with Crippen LogP contribution < -0.4 is 10.2 Å². The molecule has 1 N–H and O–H groups in total. The van der Waals surface area contributed by atoms with Gasteiger partial charge in [-0.3, -0.25) is 9.48 Å². The Labute approximate surface area is 193 Å². The van der Waals surface area contributed by atoms with Crippen molar-refractivity contribution in [2.75, 3.05) is 16.8 Å². The standard InChI is InChI=1S/C22H23F2N7O3/c1-11-8-31-19(10-29(11)22(33)27-15-5-16(23)12(2)17(24)6-15)18(7-25-31)30-9-14(4-20(30)32)21-26-13(3)28-34-21/h5-7,11,14H,4,8-10H2,1-3H3,(H,27,33)/t11-,14?/m0/s1. The molecule has 1 unspecified atom stereocenters. The van der Waals surface area contributed by atoms with Gasteiger partial charge in [-0.15, -0.1) is 0 Å². The van der Waals surface area contributed by atoms with Gasteiger partial charge in [0.2, 0.25) is 11.8 Å². The number of urea groups is 1. The van der Waals surface area contributed by atoms with E-state index < -0.39 is 17.7 Å². The number of carbonyl (C=O) groups excluding carboxylic acids is 2. The van der Waals surface area contributed by atoms with Crippen LogP contribution in [0.25, 0.3) is 0 Å². The molecule has 10 nitrogen and oxygen atoms in total. The molecule has 3 amide bonds. The quantitative estimate of drug-likeness (QED) is 0.629. The Kier molecular flexibility index (Phi) is 5.29. The second-order valence-corrected chi connectivity index (χ2v) is 8.72. The molecular formula is C22H23F2N7O3. The summed E-state index contributed by atoms with van der Waals surface area (Å²) in [5.74, 6) is -0.870. The lowest BCUT2D eigenvalue weighted by atomic mass is 10.1. The fourth-order valence-electron chi connectivity index (χ4n) is 4.38. The summed E-state index contributed by atoms with van der Waals surface area (Å²) in [5, 5.41) is 10.8. The van der Waals surface area contributed by atoms with Crippen molar-refractivity contribution in [2.45, 2.75) is 52.2 Å². The number of halogens is 2. The van der Waals surface area contributed by atoms with Gasteiger partial charge in [0.05, 0.1) is 42.6 Å². The average Bonchev–Trinajstić information content (AvgIpc) is 3.49. The van der Waals surface area contributed by atoms with Gasteiger partial charge in [-0.25, -0.2) is 13.6 Å². The summed E-state index contributed by atoms with van der Waals surface area (Å²) in [7, 11) is 0. The van der Waals surface area contributed by atoms with Gasteiger partial charge in [0, 0.05) is 24.2 Å². The summed E-state index contributed by atoms with van der Waals surface area (Å²) in [5.41, 5.74) is 1.23. The molecule has 4 heterocycles. The van der Waals surface area contributed by atoms with Crippen LogP contribution in [0.3, 0.4) is 0 Å². The number of carbonyl (C=O) groups is 2. The van der Waals surface area contributed by atoms with E-state index in [2.05, 4.69) is 20.6 Å². The van der Waals surface area contributed by atoms with Crippen molar-refractivity contribution in [3.8, 4) is 0 Å². The lowest BCUT2D eigenvalue weighted by Gasteiger charge is -2.35. The van der Waals surface area contributed by atoms with Crippen molar-refractivity contribution >= 4 is 23.3 Å². The minimum absolute atomic E-state index is 0.0320. The molecule has 34 heavy (non-hydrogen) atoms.